The fraction of sp³-hybridized carbons (Fsp3) is 0.538. The molecule has 0 radical (unpaired) electrons. The Morgan fingerprint density at radius 3 is 2.50 bits per heavy atom. The van der Waals surface area contributed by atoms with Crippen molar-refractivity contribution in [2.75, 3.05) is 27.8 Å². The summed E-state index contributed by atoms with van der Waals surface area (Å²) in [6.07, 6.45) is -1.34. The lowest BCUT2D eigenvalue weighted by atomic mass is 10.0. The van der Waals surface area contributed by atoms with Gasteiger partial charge in [-0.2, -0.15) is 0 Å². The third-order valence-corrected chi connectivity index (χ3v) is 2.81. The number of ether oxygens (including phenoxy) is 2. The van der Waals surface area contributed by atoms with Crippen LogP contribution in [0.3, 0.4) is 0 Å². The number of aliphatic hydroxyl groups is 2. The maximum atomic E-state index is 10.1. The van der Waals surface area contributed by atoms with Gasteiger partial charge in [0.25, 0.3) is 0 Å². The smallest absolute Gasteiger partial charge is 0.128 e. The van der Waals surface area contributed by atoms with Crippen LogP contribution in [-0.2, 0) is 0 Å². The number of methoxy groups -OCH3 is 2. The van der Waals surface area contributed by atoms with E-state index in [9.17, 15) is 10.2 Å². The molecule has 18 heavy (non-hydrogen) atoms. The van der Waals surface area contributed by atoms with Crippen LogP contribution >= 0.6 is 0 Å². The number of nitrogens with one attached hydrogen (secondary N) is 1. The Balaban J connectivity index is 2.86. The fourth-order valence-electron chi connectivity index (χ4n) is 1.72. The van der Waals surface area contributed by atoms with Gasteiger partial charge in [0.1, 0.15) is 17.6 Å². The van der Waals surface area contributed by atoms with Gasteiger partial charge in [-0.25, -0.2) is 0 Å². The minimum absolute atomic E-state index is 0.465. The lowest BCUT2D eigenvalue weighted by Gasteiger charge is -2.20. The number of hydrogen-bond acceptors (Lipinski definition) is 5. The number of rotatable bonds is 7. The summed E-state index contributed by atoms with van der Waals surface area (Å²) in [4.78, 5) is 0. The van der Waals surface area contributed by atoms with E-state index in [0.717, 1.165) is 0 Å². The molecule has 1 aromatic carbocycles. The van der Waals surface area contributed by atoms with Crippen LogP contribution in [0.5, 0.6) is 11.5 Å². The summed E-state index contributed by atoms with van der Waals surface area (Å²) in [5, 5.41) is 22.9. The maximum absolute atomic E-state index is 10.1. The molecule has 0 fully saturated rings. The molecule has 2 atom stereocenters. The van der Waals surface area contributed by atoms with Crippen molar-refractivity contribution in [2.24, 2.45) is 0 Å². The largest absolute Gasteiger partial charge is 0.497 e. The van der Waals surface area contributed by atoms with Crippen LogP contribution in [0.2, 0.25) is 0 Å². The zero-order valence-corrected chi connectivity index (χ0v) is 11.0. The zero-order valence-electron chi connectivity index (χ0n) is 11.0. The average molecular weight is 255 g/mol. The number of benzene rings is 1. The van der Waals surface area contributed by atoms with Crippen LogP contribution in [-0.4, -0.2) is 44.1 Å². The van der Waals surface area contributed by atoms with E-state index >= 15 is 0 Å². The molecule has 5 nitrogen and oxygen atoms in total. The molecule has 0 aliphatic carbocycles. The summed E-state index contributed by atoms with van der Waals surface area (Å²) in [7, 11) is 4.88. The van der Waals surface area contributed by atoms with E-state index in [-0.39, 0.29) is 0 Å². The lowest BCUT2D eigenvalue weighted by Crippen LogP contribution is -2.23. The molecule has 2 unspecified atom stereocenters. The molecule has 5 heteroatoms. The van der Waals surface area contributed by atoms with E-state index in [0.29, 0.717) is 30.0 Å². The molecule has 0 spiro atoms. The van der Waals surface area contributed by atoms with Gasteiger partial charge < -0.3 is 25.0 Å². The van der Waals surface area contributed by atoms with Gasteiger partial charge in [0.05, 0.1) is 20.3 Å². The Hall–Kier alpha value is -1.30. The molecule has 0 heterocycles. The Morgan fingerprint density at radius 1 is 1.22 bits per heavy atom. The van der Waals surface area contributed by atoms with Gasteiger partial charge in [0.2, 0.25) is 0 Å². The molecule has 0 aromatic heterocycles. The van der Waals surface area contributed by atoms with Crippen LogP contribution in [0.25, 0.3) is 0 Å². The summed E-state index contributed by atoms with van der Waals surface area (Å²) in [5.74, 6) is 1.15. The van der Waals surface area contributed by atoms with Gasteiger partial charge in [-0.15, -0.1) is 0 Å². The first-order valence-corrected chi connectivity index (χ1v) is 5.86. The second-order valence-electron chi connectivity index (χ2n) is 4.01. The summed E-state index contributed by atoms with van der Waals surface area (Å²) >= 11 is 0. The van der Waals surface area contributed by atoms with Crippen molar-refractivity contribution in [1.82, 2.24) is 5.32 Å². The Morgan fingerprint density at radius 2 is 1.94 bits per heavy atom. The van der Waals surface area contributed by atoms with E-state index in [1.54, 1.807) is 32.4 Å². The average Bonchev–Trinajstić information content (AvgIpc) is 2.43. The molecule has 0 amide bonds. The van der Waals surface area contributed by atoms with E-state index in [1.807, 2.05) is 0 Å². The Bertz CT molecular complexity index is 370. The van der Waals surface area contributed by atoms with Gasteiger partial charge in [0, 0.05) is 11.6 Å². The van der Waals surface area contributed by atoms with Crippen molar-refractivity contribution in [1.29, 1.82) is 0 Å². The molecule has 1 aromatic rings. The number of aliphatic hydroxyl groups excluding tert-OH is 2. The van der Waals surface area contributed by atoms with Crippen molar-refractivity contribution < 1.29 is 19.7 Å². The summed E-state index contributed by atoms with van der Waals surface area (Å²) in [6, 6.07) is 5.11. The molecule has 0 bridgehead atoms. The first-order chi connectivity index (χ1) is 8.63. The highest BCUT2D eigenvalue weighted by Crippen LogP contribution is 2.31. The van der Waals surface area contributed by atoms with Crippen LogP contribution in [0.15, 0.2) is 18.2 Å². The van der Waals surface area contributed by atoms with E-state index in [1.165, 1.54) is 7.11 Å². The molecule has 0 aliphatic rings. The highest BCUT2D eigenvalue weighted by molar-refractivity contribution is 5.42. The SMILES string of the molecule is CNCCC(O)C(O)c1ccc(OC)cc1OC. The molecule has 0 aliphatic heterocycles. The summed E-state index contributed by atoms with van der Waals surface area (Å²) < 4.78 is 10.3. The normalized spacial score (nSPS) is 14.1. The second-order valence-corrected chi connectivity index (χ2v) is 4.01. The molecule has 102 valence electrons. The van der Waals surface area contributed by atoms with Crippen LogP contribution in [0.1, 0.15) is 18.1 Å². The van der Waals surface area contributed by atoms with Crippen molar-refractivity contribution in [3.8, 4) is 11.5 Å². The minimum Gasteiger partial charge on any atom is -0.497 e. The second kappa shape index (κ2) is 7.20. The van der Waals surface area contributed by atoms with Crippen molar-refractivity contribution in [2.45, 2.75) is 18.6 Å². The standard InChI is InChI=1S/C13H21NO4/c1-14-7-6-11(15)13(16)10-5-4-9(17-2)8-12(10)18-3/h4-5,8,11,13-16H,6-7H2,1-3H3. The Kier molecular flexibility index (Phi) is 5.91. The molecule has 1 rings (SSSR count). The predicted octanol–water partition coefficient (Wildman–Crippen LogP) is 0.708. The topological polar surface area (TPSA) is 71.0 Å². The van der Waals surface area contributed by atoms with Crippen LogP contribution < -0.4 is 14.8 Å². The first kappa shape index (κ1) is 14.8. The Labute approximate surface area is 107 Å². The molecule has 0 saturated carbocycles. The maximum Gasteiger partial charge on any atom is 0.128 e. The molecule has 0 saturated heterocycles. The van der Waals surface area contributed by atoms with Gasteiger partial charge in [-0.3, -0.25) is 0 Å². The predicted molar refractivity (Wildman–Crippen MR) is 69.1 cm³/mol. The number of hydrogen-bond donors (Lipinski definition) is 3. The van der Waals surface area contributed by atoms with Crippen molar-refractivity contribution in [3.05, 3.63) is 23.8 Å². The van der Waals surface area contributed by atoms with Gasteiger partial charge in [-0.05, 0) is 32.1 Å². The fourth-order valence-corrected chi connectivity index (χ4v) is 1.72. The van der Waals surface area contributed by atoms with Crippen LogP contribution in [0.4, 0.5) is 0 Å². The lowest BCUT2D eigenvalue weighted by molar-refractivity contribution is 0.0127. The highest BCUT2D eigenvalue weighted by atomic mass is 16.5. The summed E-state index contributed by atoms with van der Waals surface area (Å²) in [6.45, 7) is 0.636. The van der Waals surface area contributed by atoms with Gasteiger partial charge in [0.15, 0.2) is 0 Å². The van der Waals surface area contributed by atoms with E-state index in [2.05, 4.69) is 5.32 Å². The zero-order chi connectivity index (χ0) is 13.5. The molecular weight excluding hydrogens is 234 g/mol. The monoisotopic (exact) mass is 255 g/mol. The third kappa shape index (κ3) is 3.60. The van der Waals surface area contributed by atoms with Gasteiger partial charge >= 0.3 is 0 Å². The van der Waals surface area contributed by atoms with Crippen molar-refractivity contribution in [3.63, 3.8) is 0 Å². The van der Waals surface area contributed by atoms with E-state index in [4.69, 9.17) is 9.47 Å². The third-order valence-electron chi connectivity index (χ3n) is 2.81. The van der Waals surface area contributed by atoms with Crippen molar-refractivity contribution >= 4 is 0 Å². The quantitative estimate of drug-likeness (QED) is 0.669. The van der Waals surface area contributed by atoms with Crippen LogP contribution in [0, 0.1) is 0 Å². The molecular formula is C13H21NO4. The highest BCUT2D eigenvalue weighted by Gasteiger charge is 2.21. The van der Waals surface area contributed by atoms with Gasteiger partial charge in [-0.1, -0.05) is 0 Å². The molecule has 3 N–H and O–H groups in total. The first-order valence-electron chi connectivity index (χ1n) is 5.86. The van der Waals surface area contributed by atoms with E-state index < -0.39 is 12.2 Å². The summed E-state index contributed by atoms with van der Waals surface area (Å²) in [5.41, 5.74) is 0.557. The minimum atomic E-state index is -0.973.